The number of hydrogen-bond acceptors (Lipinski definition) is 8. The van der Waals surface area contributed by atoms with Gasteiger partial charge in [-0.25, -0.2) is 4.79 Å². The van der Waals surface area contributed by atoms with Crippen molar-refractivity contribution in [3.63, 3.8) is 0 Å². The van der Waals surface area contributed by atoms with E-state index in [-0.39, 0.29) is 0 Å². The van der Waals surface area contributed by atoms with Gasteiger partial charge in [-0.15, -0.1) is 0 Å². The van der Waals surface area contributed by atoms with Gasteiger partial charge in [0, 0.05) is 0 Å². The molecule has 0 aromatic heterocycles. The quantitative estimate of drug-likeness (QED) is 0.131. The molecule has 0 bridgehead atoms. The Hall–Kier alpha value is -3.26. The fourth-order valence-corrected chi connectivity index (χ4v) is 2.46. The van der Waals surface area contributed by atoms with Gasteiger partial charge >= 0.3 is 17.9 Å². The molecule has 6 atom stereocenters. The van der Waals surface area contributed by atoms with Crippen LogP contribution in [-0.4, -0.2) is 86.3 Å². The number of nitrogens with two attached hydrogens (primary N) is 1. The molecule has 0 aliphatic heterocycles. The van der Waals surface area contributed by atoms with Crippen LogP contribution in [0.5, 0.6) is 0 Å². The maximum atomic E-state index is 12.5. The van der Waals surface area contributed by atoms with Crippen LogP contribution in [0.4, 0.5) is 0 Å². The second-order valence-corrected chi connectivity index (χ2v) is 7.29. The smallest absolute Gasteiger partial charge is 0.326 e. The first-order chi connectivity index (χ1) is 14.7. The average molecular weight is 462 g/mol. The minimum Gasteiger partial charge on any atom is -0.481 e. The monoisotopic (exact) mass is 462 g/mol. The summed E-state index contributed by atoms with van der Waals surface area (Å²) in [4.78, 5) is 70.7. The summed E-state index contributed by atoms with van der Waals surface area (Å²) in [6.45, 7) is 4.42. The van der Waals surface area contributed by atoms with Gasteiger partial charge in [0.25, 0.3) is 0 Å². The van der Waals surface area contributed by atoms with E-state index in [0.29, 0.717) is 6.42 Å². The van der Waals surface area contributed by atoms with Gasteiger partial charge in [-0.3, -0.25) is 24.0 Å². The third kappa shape index (κ3) is 9.70. The van der Waals surface area contributed by atoms with Gasteiger partial charge in [-0.1, -0.05) is 20.3 Å². The molecule has 0 saturated heterocycles. The first-order valence-corrected chi connectivity index (χ1v) is 9.72. The van der Waals surface area contributed by atoms with E-state index < -0.39 is 84.7 Å². The molecule has 182 valence electrons. The zero-order valence-electron chi connectivity index (χ0n) is 17.9. The molecule has 0 fully saturated rings. The molecule has 0 aliphatic rings. The van der Waals surface area contributed by atoms with Crippen molar-refractivity contribution < 1.29 is 49.2 Å². The SMILES string of the molecule is CCC(C)C(NC(=O)C(CC(=O)O)NC(=O)C(CC(=O)O)NC(=O)C(N)C(C)O)C(=O)O. The summed E-state index contributed by atoms with van der Waals surface area (Å²) in [5, 5.41) is 42.9. The Bertz CT molecular complexity index is 727. The Morgan fingerprint density at radius 1 is 0.781 bits per heavy atom. The van der Waals surface area contributed by atoms with E-state index >= 15 is 0 Å². The maximum Gasteiger partial charge on any atom is 0.326 e. The molecule has 14 heteroatoms. The first-order valence-electron chi connectivity index (χ1n) is 9.72. The van der Waals surface area contributed by atoms with Crippen LogP contribution in [0.3, 0.4) is 0 Å². The number of carbonyl (C=O) groups excluding carboxylic acids is 3. The molecule has 0 saturated carbocycles. The van der Waals surface area contributed by atoms with Crippen molar-refractivity contribution in [2.45, 2.75) is 70.3 Å². The van der Waals surface area contributed by atoms with Gasteiger partial charge in [-0.05, 0) is 12.8 Å². The van der Waals surface area contributed by atoms with E-state index in [1.165, 1.54) is 6.92 Å². The fourth-order valence-electron chi connectivity index (χ4n) is 2.46. The van der Waals surface area contributed by atoms with Crippen molar-refractivity contribution in [2.24, 2.45) is 11.7 Å². The number of aliphatic carboxylic acids is 3. The fraction of sp³-hybridized carbons (Fsp3) is 0.667. The summed E-state index contributed by atoms with van der Waals surface area (Å²) in [5.74, 6) is -8.27. The van der Waals surface area contributed by atoms with Gasteiger partial charge in [0.05, 0.1) is 18.9 Å². The minimum absolute atomic E-state index is 0.378. The lowest BCUT2D eigenvalue weighted by Crippen LogP contribution is -2.59. The number of nitrogens with one attached hydrogen (secondary N) is 3. The number of carboxylic acid groups (broad SMARTS) is 3. The molecule has 3 amide bonds. The van der Waals surface area contributed by atoms with E-state index in [4.69, 9.17) is 15.9 Å². The minimum atomic E-state index is -1.76. The van der Waals surface area contributed by atoms with E-state index in [1.807, 2.05) is 10.6 Å². The summed E-state index contributed by atoms with van der Waals surface area (Å²) < 4.78 is 0. The largest absolute Gasteiger partial charge is 0.481 e. The van der Waals surface area contributed by atoms with Crippen LogP contribution in [0.2, 0.25) is 0 Å². The van der Waals surface area contributed by atoms with Gasteiger partial charge in [0.1, 0.15) is 24.2 Å². The van der Waals surface area contributed by atoms with Crippen LogP contribution < -0.4 is 21.7 Å². The highest BCUT2D eigenvalue weighted by molar-refractivity contribution is 5.96. The molecule has 6 unspecified atom stereocenters. The highest BCUT2D eigenvalue weighted by Crippen LogP contribution is 2.09. The third-order valence-corrected chi connectivity index (χ3v) is 4.62. The zero-order chi connectivity index (χ0) is 25.2. The van der Waals surface area contributed by atoms with Crippen LogP contribution in [0, 0.1) is 5.92 Å². The van der Waals surface area contributed by atoms with E-state index in [9.17, 15) is 39.0 Å². The average Bonchev–Trinajstić information content (AvgIpc) is 2.68. The number of aliphatic hydroxyl groups is 1. The van der Waals surface area contributed by atoms with Gasteiger partial charge in [0.15, 0.2) is 0 Å². The van der Waals surface area contributed by atoms with E-state index in [1.54, 1.807) is 13.8 Å². The standard InChI is InChI=1S/C18H30N4O10/c1-4-7(2)14(18(31)32)22-16(29)10(6-12(26)27)20-15(28)9(5-11(24)25)21-17(30)13(19)8(3)23/h7-10,13-14,23H,4-6,19H2,1-3H3,(H,20,28)(H,21,30)(H,22,29)(H,24,25)(H,26,27)(H,31,32). The molecular formula is C18H30N4O10. The van der Waals surface area contributed by atoms with Crippen molar-refractivity contribution in [3.05, 3.63) is 0 Å². The predicted molar refractivity (Wildman–Crippen MR) is 107 cm³/mol. The molecule has 0 aromatic rings. The lowest BCUT2D eigenvalue weighted by atomic mass is 9.98. The molecule has 0 heterocycles. The Morgan fingerprint density at radius 3 is 1.53 bits per heavy atom. The van der Waals surface area contributed by atoms with E-state index in [2.05, 4.69) is 5.32 Å². The predicted octanol–water partition coefficient (Wildman–Crippen LogP) is -2.77. The lowest BCUT2D eigenvalue weighted by molar-refractivity contribution is -0.145. The number of amides is 3. The Labute approximate surface area is 183 Å². The van der Waals surface area contributed by atoms with Crippen molar-refractivity contribution in [1.29, 1.82) is 0 Å². The number of hydrogen-bond donors (Lipinski definition) is 8. The second-order valence-electron chi connectivity index (χ2n) is 7.29. The summed E-state index contributed by atoms with van der Waals surface area (Å²) in [6.07, 6.45) is -2.81. The second kappa shape index (κ2) is 13.2. The van der Waals surface area contributed by atoms with Gasteiger partial charge < -0.3 is 42.1 Å². The Kier molecular flexibility index (Phi) is 11.9. The van der Waals surface area contributed by atoms with Crippen LogP contribution in [0.1, 0.15) is 40.0 Å². The van der Waals surface area contributed by atoms with Crippen LogP contribution >= 0.6 is 0 Å². The number of rotatable bonds is 14. The number of aliphatic hydroxyl groups excluding tert-OH is 1. The van der Waals surface area contributed by atoms with Crippen molar-refractivity contribution >= 4 is 35.6 Å². The Balaban J connectivity index is 5.61. The molecule has 0 radical (unpaired) electrons. The summed E-state index contributed by atoms with van der Waals surface area (Å²) in [6, 6.07) is -6.36. The third-order valence-electron chi connectivity index (χ3n) is 4.62. The Morgan fingerprint density at radius 2 is 1.19 bits per heavy atom. The summed E-state index contributed by atoms with van der Waals surface area (Å²) >= 11 is 0. The van der Waals surface area contributed by atoms with E-state index in [0.717, 1.165) is 0 Å². The van der Waals surface area contributed by atoms with Crippen molar-refractivity contribution in [2.75, 3.05) is 0 Å². The maximum absolute atomic E-state index is 12.5. The molecule has 14 nitrogen and oxygen atoms in total. The highest BCUT2D eigenvalue weighted by atomic mass is 16.4. The molecule has 9 N–H and O–H groups in total. The molecule has 0 spiro atoms. The number of carbonyl (C=O) groups is 6. The first kappa shape index (κ1) is 28.7. The normalized spacial score (nSPS) is 16.4. The van der Waals surface area contributed by atoms with Crippen LogP contribution in [-0.2, 0) is 28.8 Å². The van der Waals surface area contributed by atoms with Crippen molar-refractivity contribution in [3.8, 4) is 0 Å². The topological polar surface area (TPSA) is 245 Å². The summed E-state index contributed by atoms with van der Waals surface area (Å²) in [7, 11) is 0. The molecule has 0 aliphatic carbocycles. The molecule has 0 rings (SSSR count). The zero-order valence-corrected chi connectivity index (χ0v) is 17.9. The number of carboxylic acids is 3. The van der Waals surface area contributed by atoms with Crippen LogP contribution in [0.25, 0.3) is 0 Å². The lowest BCUT2D eigenvalue weighted by Gasteiger charge is -2.25. The molecular weight excluding hydrogens is 432 g/mol. The van der Waals surface area contributed by atoms with Crippen molar-refractivity contribution in [1.82, 2.24) is 16.0 Å². The molecule has 32 heavy (non-hydrogen) atoms. The highest BCUT2D eigenvalue weighted by Gasteiger charge is 2.34. The summed E-state index contributed by atoms with van der Waals surface area (Å²) in [5.41, 5.74) is 5.44. The molecule has 0 aromatic carbocycles. The van der Waals surface area contributed by atoms with Gasteiger partial charge in [-0.2, -0.15) is 0 Å². The van der Waals surface area contributed by atoms with Gasteiger partial charge in [0.2, 0.25) is 17.7 Å². The van der Waals surface area contributed by atoms with Crippen LogP contribution in [0.15, 0.2) is 0 Å².